The molecule has 0 heterocycles. The van der Waals surface area contributed by atoms with E-state index in [0.717, 1.165) is 11.5 Å². The summed E-state index contributed by atoms with van der Waals surface area (Å²) >= 11 is 7.75. The van der Waals surface area contributed by atoms with Crippen molar-refractivity contribution < 1.29 is 4.79 Å². The minimum atomic E-state index is -0.211. The van der Waals surface area contributed by atoms with Gasteiger partial charge in [-0.2, -0.15) is 11.8 Å². The highest BCUT2D eigenvalue weighted by Crippen LogP contribution is 2.21. The van der Waals surface area contributed by atoms with Crippen molar-refractivity contribution in [3.8, 4) is 0 Å². The van der Waals surface area contributed by atoms with Crippen LogP contribution in [0.15, 0.2) is 18.2 Å². The highest BCUT2D eigenvalue weighted by atomic mass is 35.5. The van der Waals surface area contributed by atoms with Crippen LogP contribution >= 0.6 is 23.4 Å². The first-order valence-corrected chi connectivity index (χ1v) is 7.02. The number of carbonyl (C=O) groups excluding carboxylic acids is 1. The van der Waals surface area contributed by atoms with Crippen molar-refractivity contribution in [2.75, 3.05) is 17.2 Å². The maximum absolute atomic E-state index is 12.0. The number of benzene rings is 1. The average Bonchev–Trinajstić information content (AvgIpc) is 2.26. The Kier molecular flexibility index (Phi) is 5.65. The maximum atomic E-state index is 12.0. The molecule has 0 fully saturated rings. The summed E-state index contributed by atoms with van der Waals surface area (Å²) in [5.41, 5.74) is 6.52. The Bertz CT molecular complexity index is 378. The highest BCUT2D eigenvalue weighted by molar-refractivity contribution is 7.99. The highest BCUT2D eigenvalue weighted by Gasteiger charge is 2.15. The van der Waals surface area contributed by atoms with E-state index < -0.39 is 0 Å². The molecule has 1 amide bonds. The van der Waals surface area contributed by atoms with E-state index in [1.807, 2.05) is 6.92 Å². The fraction of sp³-hybridized carbons (Fsp3) is 0.417. The van der Waals surface area contributed by atoms with Gasteiger partial charge in [0.2, 0.25) is 0 Å². The van der Waals surface area contributed by atoms with Gasteiger partial charge in [0.25, 0.3) is 5.91 Å². The first-order chi connectivity index (χ1) is 8.06. The molecule has 3 N–H and O–H groups in total. The summed E-state index contributed by atoms with van der Waals surface area (Å²) in [7, 11) is 0. The summed E-state index contributed by atoms with van der Waals surface area (Å²) in [5, 5.41) is 3.28. The molecule has 5 heteroatoms. The molecule has 0 aromatic heterocycles. The number of halogens is 1. The fourth-order valence-electron chi connectivity index (χ4n) is 1.41. The van der Waals surface area contributed by atoms with Crippen molar-refractivity contribution in [1.29, 1.82) is 0 Å². The van der Waals surface area contributed by atoms with E-state index in [4.69, 9.17) is 17.3 Å². The van der Waals surface area contributed by atoms with Crippen LogP contribution in [0, 0.1) is 0 Å². The van der Waals surface area contributed by atoms with Crippen molar-refractivity contribution >= 4 is 35.0 Å². The zero-order valence-corrected chi connectivity index (χ0v) is 11.6. The molecule has 0 radical (unpaired) electrons. The Morgan fingerprint density at radius 2 is 2.29 bits per heavy atom. The molecule has 0 aliphatic heterocycles. The molecule has 1 aromatic carbocycles. The Morgan fingerprint density at radius 3 is 2.88 bits per heavy atom. The second kappa shape index (κ2) is 6.77. The predicted octanol–water partition coefficient (Wildman–Crippen LogP) is 2.79. The van der Waals surface area contributed by atoms with Gasteiger partial charge in [-0.1, -0.05) is 24.6 Å². The maximum Gasteiger partial charge on any atom is 0.255 e. The Morgan fingerprint density at radius 1 is 1.59 bits per heavy atom. The molecule has 94 valence electrons. The van der Waals surface area contributed by atoms with Crippen molar-refractivity contribution in [3.05, 3.63) is 28.8 Å². The monoisotopic (exact) mass is 272 g/mol. The molecule has 0 bridgehead atoms. The molecule has 17 heavy (non-hydrogen) atoms. The minimum absolute atomic E-state index is 0.100. The van der Waals surface area contributed by atoms with Gasteiger partial charge >= 0.3 is 0 Å². The van der Waals surface area contributed by atoms with Crippen molar-refractivity contribution in [2.24, 2.45) is 0 Å². The molecule has 1 unspecified atom stereocenters. The second-order valence-corrected chi connectivity index (χ2v) is 5.46. The number of nitrogens with two attached hydrogens (primary N) is 1. The van der Waals surface area contributed by atoms with Crippen molar-refractivity contribution in [3.63, 3.8) is 0 Å². The lowest BCUT2D eigenvalue weighted by molar-refractivity contribution is 0.0945. The topological polar surface area (TPSA) is 55.1 Å². The molecule has 1 rings (SSSR count). The molecule has 3 nitrogen and oxygen atoms in total. The number of nitrogens with one attached hydrogen (secondary N) is 1. The first-order valence-electron chi connectivity index (χ1n) is 5.48. The zero-order chi connectivity index (χ0) is 12.8. The number of hydrogen-bond acceptors (Lipinski definition) is 3. The number of nitrogen functional groups attached to an aromatic ring is 1. The van der Waals surface area contributed by atoms with Crippen LogP contribution in [0.2, 0.25) is 5.02 Å². The zero-order valence-electron chi connectivity index (χ0n) is 10.00. The summed E-state index contributed by atoms with van der Waals surface area (Å²) in [6.07, 6.45) is 0. The number of rotatable bonds is 5. The van der Waals surface area contributed by atoms with Crippen LogP contribution < -0.4 is 11.1 Å². The van der Waals surface area contributed by atoms with Crippen molar-refractivity contribution in [2.45, 2.75) is 19.9 Å². The number of anilines is 1. The molecule has 0 aliphatic carbocycles. The van der Waals surface area contributed by atoms with Crippen LogP contribution in [0.25, 0.3) is 0 Å². The summed E-state index contributed by atoms with van der Waals surface area (Å²) in [6.45, 7) is 4.05. The van der Waals surface area contributed by atoms with Gasteiger partial charge in [0.15, 0.2) is 0 Å². The standard InChI is InChI=1S/C12H17ClN2OS/c1-3-17-7-8(2)15-12(16)11-9(13)5-4-6-10(11)14/h4-6,8H,3,7,14H2,1-2H3,(H,15,16). The Labute approximate surface area is 111 Å². The van der Waals surface area contributed by atoms with Gasteiger partial charge in [-0.25, -0.2) is 0 Å². The van der Waals surface area contributed by atoms with E-state index in [-0.39, 0.29) is 11.9 Å². The quantitative estimate of drug-likeness (QED) is 0.811. The summed E-state index contributed by atoms with van der Waals surface area (Å²) in [5.74, 6) is 1.71. The van der Waals surface area contributed by atoms with Crippen LogP contribution in [0.5, 0.6) is 0 Å². The van der Waals surface area contributed by atoms with Gasteiger partial charge < -0.3 is 11.1 Å². The van der Waals surface area contributed by atoms with Gasteiger partial charge in [-0.3, -0.25) is 4.79 Å². The molecule has 0 aliphatic rings. The molecular formula is C12H17ClN2OS. The molecule has 1 atom stereocenters. The van der Waals surface area contributed by atoms with Crippen LogP contribution in [0.4, 0.5) is 5.69 Å². The van der Waals surface area contributed by atoms with E-state index in [1.165, 1.54) is 0 Å². The Balaban J connectivity index is 2.70. The van der Waals surface area contributed by atoms with Crippen LogP contribution in [0.1, 0.15) is 24.2 Å². The van der Waals surface area contributed by atoms with Gasteiger partial charge in [0, 0.05) is 17.5 Å². The smallest absolute Gasteiger partial charge is 0.255 e. The van der Waals surface area contributed by atoms with Crippen LogP contribution in [-0.4, -0.2) is 23.5 Å². The molecule has 0 saturated carbocycles. The fourth-order valence-corrected chi connectivity index (χ4v) is 2.35. The number of hydrogen-bond donors (Lipinski definition) is 2. The van der Waals surface area contributed by atoms with Crippen LogP contribution in [0.3, 0.4) is 0 Å². The van der Waals surface area contributed by atoms with E-state index in [2.05, 4.69) is 12.2 Å². The van der Waals surface area contributed by atoms with Crippen LogP contribution in [-0.2, 0) is 0 Å². The average molecular weight is 273 g/mol. The van der Waals surface area contributed by atoms with Gasteiger partial charge in [-0.15, -0.1) is 0 Å². The molecule has 0 saturated heterocycles. The lowest BCUT2D eigenvalue weighted by Crippen LogP contribution is -2.34. The summed E-state index contributed by atoms with van der Waals surface area (Å²) < 4.78 is 0. The third-order valence-corrected chi connectivity index (χ3v) is 3.68. The van der Waals surface area contributed by atoms with Gasteiger partial charge in [-0.05, 0) is 24.8 Å². The predicted molar refractivity (Wildman–Crippen MR) is 75.8 cm³/mol. The SMILES string of the molecule is CCSCC(C)NC(=O)c1c(N)cccc1Cl. The van der Waals surface area contributed by atoms with Crippen molar-refractivity contribution in [1.82, 2.24) is 5.32 Å². The number of amides is 1. The van der Waals surface area contributed by atoms with Gasteiger partial charge in [0.1, 0.15) is 0 Å². The van der Waals surface area contributed by atoms with E-state index in [0.29, 0.717) is 16.3 Å². The first kappa shape index (κ1) is 14.2. The molecule has 0 spiro atoms. The lowest BCUT2D eigenvalue weighted by atomic mass is 10.1. The number of carbonyl (C=O) groups is 1. The Hall–Kier alpha value is -0.870. The lowest BCUT2D eigenvalue weighted by Gasteiger charge is -2.14. The van der Waals surface area contributed by atoms with E-state index >= 15 is 0 Å². The minimum Gasteiger partial charge on any atom is -0.398 e. The molecular weight excluding hydrogens is 256 g/mol. The summed E-state index contributed by atoms with van der Waals surface area (Å²) in [4.78, 5) is 12.0. The third kappa shape index (κ3) is 4.13. The molecule has 1 aromatic rings. The normalized spacial score (nSPS) is 12.2. The largest absolute Gasteiger partial charge is 0.398 e. The van der Waals surface area contributed by atoms with Gasteiger partial charge in [0.05, 0.1) is 10.6 Å². The second-order valence-electron chi connectivity index (χ2n) is 3.74. The van der Waals surface area contributed by atoms with E-state index in [1.54, 1.807) is 30.0 Å². The van der Waals surface area contributed by atoms with E-state index in [9.17, 15) is 4.79 Å². The number of thioether (sulfide) groups is 1. The third-order valence-electron chi connectivity index (χ3n) is 2.22. The summed E-state index contributed by atoms with van der Waals surface area (Å²) in [6, 6.07) is 5.16.